The molecule has 2 unspecified atom stereocenters. The summed E-state index contributed by atoms with van der Waals surface area (Å²) in [6, 6.07) is 2.39. The van der Waals surface area contributed by atoms with Crippen LogP contribution in [-0.4, -0.2) is 15.8 Å². The molecule has 0 spiro atoms. The maximum Gasteiger partial charge on any atom is 0.0596 e. The van der Waals surface area contributed by atoms with Gasteiger partial charge in [0.1, 0.15) is 0 Å². The van der Waals surface area contributed by atoms with Gasteiger partial charge in [0.2, 0.25) is 0 Å². The second-order valence-electron chi connectivity index (χ2n) is 4.35. The third kappa shape index (κ3) is 3.06. The normalized spacial score (nSPS) is 15.3. The highest BCUT2D eigenvalue weighted by molar-refractivity contribution is 5.10. The summed E-state index contributed by atoms with van der Waals surface area (Å²) in [5.74, 6) is 0.575. The molecule has 86 valence electrons. The smallest absolute Gasteiger partial charge is 0.0596 e. The highest BCUT2D eigenvalue weighted by Crippen LogP contribution is 2.12. The van der Waals surface area contributed by atoms with Crippen molar-refractivity contribution in [2.24, 2.45) is 11.7 Å². The van der Waals surface area contributed by atoms with Gasteiger partial charge in [-0.1, -0.05) is 20.3 Å². The summed E-state index contributed by atoms with van der Waals surface area (Å²) in [6.45, 7) is 9.47. The van der Waals surface area contributed by atoms with E-state index in [0.717, 1.165) is 25.1 Å². The Bertz CT molecular complexity index is 304. The van der Waals surface area contributed by atoms with Crippen molar-refractivity contribution in [2.45, 2.75) is 53.1 Å². The molecule has 1 rings (SSSR count). The predicted molar refractivity (Wildman–Crippen MR) is 63.8 cm³/mol. The van der Waals surface area contributed by atoms with E-state index >= 15 is 0 Å². The molecule has 2 atom stereocenters. The highest BCUT2D eigenvalue weighted by Gasteiger charge is 2.14. The van der Waals surface area contributed by atoms with Gasteiger partial charge >= 0.3 is 0 Å². The van der Waals surface area contributed by atoms with Crippen molar-refractivity contribution in [1.29, 1.82) is 0 Å². The minimum atomic E-state index is 0.247. The third-order valence-electron chi connectivity index (χ3n) is 3.10. The van der Waals surface area contributed by atoms with Crippen LogP contribution in [0.2, 0.25) is 0 Å². The third-order valence-corrected chi connectivity index (χ3v) is 3.10. The highest BCUT2D eigenvalue weighted by atomic mass is 15.3. The van der Waals surface area contributed by atoms with E-state index in [2.05, 4.69) is 36.6 Å². The van der Waals surface area contributed by atoms with E-state index in [1.165, 1.54) is 5.69 Å². The average molecular weight is 209 g/mol. The van der Waals surface area contributed by atoms with E-state index in [4.69, 9.17) is 5.73 Å². The van der Waals surface area contributed by atoms with Crippen LogP contribution in [0.15, 0.2) is 6.07 Å². The molecule has 0 fully saturated rings. The fraction of sp³-hybridized carbons (Fsp3) is 0.750. The lowest BCUT2D eigenvalue weighted by atomic mass is 9.96. The van der Waals surface area contributed by atoms with Crippen molar-refractivity contribution in [1.82, 2.24) is 9.78 Å². The van der Waals surface area contributed by atoms with Gasteiger partial charge in [-0.2, -0.15) is 5.10 Å². The number of nitrogens with two attached hydrogens (primary N) is 1. The van der Waals surface area contributed by atoms with Crippen LogP contribution in [0, 0.1) is 12.8 Å². The van der Waals surface area contributed by atoms with Crippen molar-refractivity contribution in [2.75, 3.05) is 0 Å². The molecule has 0 aliphatic heterocycles. The quantitative estimate of drug-likeness (QED) is 0.807. The first-order valence-electron chi connectivity index (χ1n) is 5.87. The first kappa shape index (κ1) is 12.2. The van der Waals surface area contributed by atoms with Crippen molar-refractivity contribution >= 4 is 0 Å². The Morgan fingerprint density at radius 2 is 2.13 bits per heavy atom. The Kier molecular flexibility index (Phi) is 4.33. The zero-order valence-electron chi connectivity index (χ0n) is 10.3. The van der Waals surface area contributed by atoms with Crippen molar-refractivity contribution in [3.05, 3.63) is 17.5 Å². The molecule has 0 amide bonds. The van der Waals surface area contributed by atoms with Gasteiger partial charge in [0, 0.05) is 24.7 Å². The van der Waals surface area contributed by atoms with Gasteiger partial charge in [0.15, 0.2) is 0 Å². The summed E-state index contributed by atoms with van der Waals surface area (Å²) < 4.78 is 2.05. The molecule has 0 aliphatic rings. The van der Waals surface area contributed by atoms with Crippen LogP contribution in [0.1, 0.15) is 38.6 Å². The minimum Gasteiger partial charge on any atom is -0.327 e. The first-order valence-corrected chi connectivity index (χ1v) is 5.87. The number of hydrogen-bond acceptors (Lipinski definition) is 2. The maximum absolute atomic E-state index is 6.15. The van der Waals surface area contributed by atoms with Gasteiger partial charge in [-0.05, 0) is 25.8 Å². The SMILES string of the molecule is CCC(C)C(N)Cc1cc(C)nn1CC. The van der Waals surface area contributed by atoms with E-state index < -0.39 is 0 Å². The number of aromatic nitrogens is 2. The number of hydrogen-bond donors (Lipinski definition) is 1. The van der Waals surface area contributed by atoms with Crippen molar-refractivity contribution in [3.8, 4) is 0 Å². The average Bonchev–Trinajstić information content (AvgIpc) is 2.57. The van der Waals surface area contributed by atoms with E-state index in [1.807, 2.05) is 6.92 Å². The Labute approximate surface area is 92.7 Å². The summed E-state index contributed by atoms with van der Waals surface area (Å²) in [5, 5.41) is 4.43. The van der Waals surface area contributed by atoms with Crippen LogP contribution >= 0.6 is 0 Å². The lowest BCUT2D eigenvalue weighted by molar-refractivity contribution is 0.428. The van der Waals surface area contributed by atoms with E-state index in [0.29, 0.717) is 5.92 Å². The number of aryl methyl sites for hydroxylation is 2. The van der Waals surface area contributed by atoms with E-state index in [-0.39, 0.29) is 6.04 Å². The Morgan fingerprint density at radius 1 is 1.47 bits per heavy atom. The van der Waals surface area contributed by atoms with Crippen molar-refractivity contribution < 1.29 is 0 Å². The lowest BCUT2D eigenvalue weighted by Gasteiger charge is -2.18. The standard InChI is InChI=1S/C12H23N3/c1-5-9(3)12(13)8-11-7-10(4)14-15(11)6-2/h7,9,12H,5-6,8,13H2,1-4H3. The van der Waals surface area contributed by atoms with Gasteiger partial charge < -0.3 is 5.73 Å². The topological polar surface area (TPSA) is 43.8 Å². The van der Waals surface area contributed by atoms with Crippen molar-refractivity contribution in [3.63, 3.8) is 0 Å². The van der Waals surface area contributed by atoms with Crippen LogP contribution in [0.3, 0.4) is 0 Å². The minimum absolute atomic E-state index is 0.247. The molecule has 1 aromatic heterocycles. The van der Waals surface area contributed by atoms with Gasteiger partial charge in [-0.15, -0.1) is 0 Å². The fourth-order valence-electron chi connectivity index (χ4n) is 1.78. The fourth-order valence-corrected chi connectivity index (χ4v) is 1.78. The lowest BCUT2D eigenvalue weighted by Crippen LogP contribution is -2.31. The molecule has 15 heavy (non-hydrogen) atoms. The summed E-state index contributed by atoms with van der Waals surface area (Å²) in [4.78, 5) is 0. The zero-order chi connectivity index (χ0) is 11.4. The second kappa shape index (κ2) is 5.31. The zero-order valence-corrected chi connectivity index (χ0v) is 10.3. The Balaban J connectivity index is 2.70. The van der Waals surface area contributed by atoms with Gasteiger partial charge in [0.25, 0.3) is 0 Å². The van der Waals surface area contributed by atoms with Gasteiger partial charge in [-0.3, -0.25) is 4.68 Å². The monoisotopic (exact) mass is 209 g/mol. The molecular weight excluding hydrogens is 186 g/mol. The van der Waals surface area contributed by atoms with Crippen LogP contribution in [0.25, 0.3) is 0 Å². The van der Waals surface area contributed by atoms with Crippen LogP contribution in [0.5, 0.6) is 0 Å². The van der Waals surface area contributed by atoms with Crippen LogP contribution in [0.4, 0.5) is 0 Å². The van der Waals surface area contributed by atoms with Gasteiger partial charge in [0.05, 0.1) is 5.69 Å². The molecule has 0 saturated heterocycles. The molecule has 0 saturated carbocycles. The molecule has 1 aromatic rings. The largest absolute Gasteiger partial charge is 0.327 e. The molecule has 3 heteroatoms. The predicted octanol–water partition coefficient (Wildman–Crippen LogP) is 2.13. The maximum atomic E-state index is 6.15. The molecule has 0 aliphatic carbocycles. The molecule has 0 bridgehead atoms. The number of rotatable bonds is 5. The molecule has 1 heterocycles. The molecule has 0 radical (unpaired) electrons. The Morgan fingerprint density at radius 3 is 2.67 bits per heavy atom. The van der Waals surface area contributed by atoms with Crippen LogP contribution in [-0.2, 0) is 13.0 Å². The molecule has 2 N–H and O–H groups in total. The van der Waals surface area contributed by atoms with E-state index in [1.54, 1.807) is 0 Å². The first-order chi connectivity index (χ1) is 7.08. The van der Waals surface area contributed by atoms with E-state index in [9.17, 15) is 0 Å². The van der Waals surface area contributed by atoms with Crippen LogP contribution < -0.4 is 5.73 Å². The second-order valence-corrected chi connectivity index (χ2v) is 4.35. The summed E-state index contributed by atoms with van der Waals surface area (Å²) >= 11 is 0. The summed E-state index contributed by atoms with van der Waals surface area (Å²) in [6.07, 6.45) is 2.07. The molecule has 0 aromatic carbocycles. The Hall–Kier alpha value is -0.830. The van der Waals surface area contributed by atoms with Gasteiger partial charge in [-0.25, -0.2) is 0 Å². The molecular formula is C12H23N3. The summed E-state index contributed by atoms with van der Waals surface area (Å²) in [5.41, 5.74) is 8.50. The molecule has 3 nitrogen and oxygen atoms in total. The summed E-state index contributed by atoms with van der Waals surface area (Å²) in [7, 11) is 0. The number of nitrogens with zero attached hydrogens (tertiary/aromatic N) is 2.